The van der Waals surface area contributed by atoms with Gasteiger partial charge in [0.05, 0.1) is 12.2 Å². The van der Waals surface area contributed by atoms with Gasteiger partial charge in [-0.1, -0.05) is 25.5 Å². The van der Waals surface area contributed by atoms with Crippen LogP contribution < -0.4 is 0 Å². The van der Waals surface area contributed by atoms with Crippen molar-refractivity contribution in [1.29, 1.82) is 0 Å². The molecule has 2 nitrogen and oxygen atoms in total. The second kappa shape index (κ2) is 7.17. The predicted octanol–water partition coefficient (Wildman–Crippen LogP) is 6.13. The van der Waals surface area contributed by atoms with Gasteiger partial charge in [-0.15, -0.1) is 0 Å². The number of hydrogen-bond acceptors (Lipinski definition) is 2. The Hall–Kier alpha value is -0.340. The van der Waals surface area contributed by atoms with Crippen molar-refractivity contribution < 1.29 is 9.84 Å². The molecule has 0 amide bonds. The first kappa shape index (κ1) is 20.0. The minimum atomic E-state index is -0.569. The Balaban J connectivity index is 1.58. The largest absolute Gasteiger partial charge is 0.387 e. The van der Waals surface area contributed by atoms with Crippen molar-refractivity contribution in [3.8, 4) is 0 Å². The number of ether oxygens (including phenoxy) is 1. The van der Waals surface area contributed by atoms with Crippen molar-refractivity contribution in [1.82, 2.24) is 0 Å². The molecule has 0 heterocycles. The van der Waals surface area contributed by atoms with E-state index in [4.69, 9.17) is 4.74 Å². The lowest BCUT2D eigenvalue weighted by Crippen LogP contribution is -2.57. The van der Waals surface area contributed by atoms with Crippen LogP contribution in [0.5, 0.6) is 0 Å². The standard InChI is InChI=1S/C25H42O2/c1-5-18-9-11-21-20-10-8-19-16-24(26,17-27-7-3)14-15-25(19,6-2)22(20)12-13-23(18,21)4/h5,19-22,26H,6-17H2,1-4H3/b18-5+/t19-,20+,21+,22+,23-,24-,25+/m1/s1. The summed E-state index contributed by atoms with van der Waals surface area (Å²) in [5.74, 6) is 3.44. The van der Waals surface area contributed by atoms with Gasteiger partial charge in [0, 0.05) is 6.61 Å². The minimum Gasteiger partial charge on any atom is -0.387 e. The van der Waals surface area contributed by atoms with Crippen molar-refractivity contribution in [2.75, 3.05) is 13.2 Å². The zero-order valence-electron chi connectivity index (χ0n) is 18.2. The highest BCUT2D eigenvalue weighted by Crippen LogP contribution is 2.68. The van der Waals surface area contributed by atoms with Crippen LogP contribution in [0, 0.1) is 34.5 Å². The number of hydrogen-bond donors (Lipinski definition) is 1. The third kappa shape index (κ3) is 2.96. The quantitative estimate of drug-likeness (QED) is 0.599. The van der Waals surface area contributed by atoms with E-state index in [9.17, 15) is 5.11 Å². The van der Waals surface area contributed by atoms with E-state index in [1.807, 2.05) is 6.92 Å². The zero-order chi connectivity index (χ0) is 19.3. The fourth-order valence-corrected chi connectivity index (χ4v) is 8.58. The van der Waals surface area contributed by atoms with Crippen LogP contribution in [0.25, 0.3) is 0 Å². The average molecular weight is 375 g/mol. The Kier molecular flexibility index (Phi) is 5.30. The van der Waals surface area contributed by atoms with Gasteiger partial charge in [0.2, 0.25) is 0 Å². The lowest BCUT2D eigenvalue weighted by Gasteiger charge is -2.62. The number of rotatable bonds is 4. The van der Waals surface area contributed by atoms with E-state index in [1.165, 1.54) is 51.4 Å². The van der Waals surface area contributed by atoms with E-state index in [2.05, 4.69) is 26.8 Å². The van der Waals surface area contributed by atoms with E-state index in [0.29, 0.717) is 30.0 Å². The molecule has 1 N–H and O–H groups in total. The highest BCUT2D eigenvalue weighted by atomic mass is 16.5. The highest BCUT2D eigenvalue weighted by molar-refractivity contribution is 5.24. The number of fused-ring (bicyclic) bond motifs is 5. The summed E-state index contributed by atoms with van der Waals surface area (Å²) in [4.78, 5) is 0. The molecular formula is C25H42O2. The normalized spacial score (nSPS) is 50.9. The summed E-state index contributed by atoms with van der Waals surface area (Å²) in [6, 6.07) is 0. The number of allylic oxidation sites excluding steroid dienone is 2. The Labute approximate surface area is 167 Å². The molecule has 0 aromatic heterocycles. The number of aliphatic hydroxyl groups is 1. The molecule has 4 aliphatic rings. The van der Waals surface area contributed by atoms with E-state index in [-0.39, 0.29) is 0 Å². The molecule has 4 saturated carbocycles. The van der Waals surface area contributed by atoms with Crippen molar-refractivity contribution in [3.63, 3.8) is 0 Å². The molecule has 4 fully saturated rings. The highest BCUT2D eigenvalue weighted by Gasteiger charge is 2.61. The molecule has 0 saturated heterocycles. The van der Waals surface area contributed by atoms with Crippen LogP contribution in [0.1, 0.15) is 91.9 Å². The molecule has 0 aromatic carbocycles. The molecule has 0 spiro atoms. The first-order valence-corrected chi connectivity index (χ1v) is 11.9. The first-order chi connectivity index (χ1) is 12.9. The maximum Gasteiger partial charge on any atom is 0.0883 e. The van der Waals surface area contributed by atoms with Gasteiger partial charge in [0.25, 0.3) is 0 Å². The summed E-state index contributed by atoms with van der Waals surface area (Å²) >= 11 is 0. The summed E-state index contributed by atoms with van der Waals surface area (Å²) < 4.78 is 5.67. The molecule has 0 bridgehead atoms. The maximum absolute atomic E-state index is 11.2. The molecule has 4 rings (SSSR count). The van der Waals surface area contributed by atoms with Gasteiger partial charge in [-0.2, -0.15) is 0 Å². The van der Waals surface area contributed by atoms with Crippen LogP contribution in [0.3, 0.4) is 0 Å². The van der Waals surface area contributed by atoms with E-state index in [1.54, 1.807) is 5.57 Å². The summed E-state index contributed by atoms with van der Waals surface area (Å²) in [5.41, 5.74) is 2.16. The van der Waals surface area contributed by atoms with Crippen LogP contribution in [-0.4, -0.2) is 23.9 Å². The van der Waals surface area contributed by atoms with Gasteiger partial charge in [0.1, 0.15) is 0 Å². The molecule has 154 valence electrons. The van der Waals surface area contributed by atoms with E-state index in [0.717, 1.165) is 30.6 Å². The molecule has 2 heteroatoms. The zero-order valence-corrected chi connectivity index (χ0v) is 18.2. The topological polar surface area (TPSA) is 29.5 Å². The SMILES string of the molecule is C/C=C1\CC[C@H]2[C@@H]3CC[C@@H]4C[C@@](O)(COCC)CC[C@]4(CC)[C@H]3CC[C@]12C. The van der Waals surface area contributed by atoms with Gasteiger partial charge in [-0.25, -0.2) is 0 Å². The summed E-state index contributed by atoms with van der Waals surface area (Å²) in [5, 5.41) is 11.2. The van der Waals surface area contributed by atoms with Gasteiger partial charge >= 0.3 is 0 Å². The van der Waals surface area contributed by atoms with Crippen LogP contribution >= 0.6 is 0 Å². The van der Waals surface area contributed by atoms with Gasteiger partial charge < -0.3 is 9.84 Å². The minimum absolute atomic E-state index is 0.487. The molecule has 4 aliphatic carbocycles. The first-order valence-electron chi connectivity index (χ1n) is 11.9. The summed E-state index contributed by atoms with van der Waals surface area (Å²) in [7, 11) is 0. The molecule has 0 aliphatic heterocycles. The summed E-state index contributed by atoms with van der Waals surface area (Å²) in [6.45, 7) is 10.6. The Morgan fingerprint density at radius 2 is 1.89 bits per heavy atom. The Bertz CT molecular complexity index is 583. The van der Waals surface area contributed by atoms with Gasteiger partial charge in [-0.3, -0.25) is 0 Å². The molecule has 7 atom stereocenters. The van der Waals surface area contributed by atoms with Crippen molar-refractivity contribution in [2.45, 2.75) is 97.5 Å². The van der Waals surface area contributed by atoms with Crippen LogP contribution in [0.2, 0.25) is 0 Å². The maximum atomic E-state index is 11.2. The second-order valence-electron chi connectivity index (χ2n) is 10.6. The molecule has 0 unspecified atom stereocenters. The monoisotopic (exact) mass is 374 g/mol. The van der Waals surface area contributed by atoms with Gasteiger partial charge in [-0.05, 0) is 113 Å². The molecule has 0 aromatic rings. The van der Waals surface area contributed by atoms with Gasteiger partial charge in [0.15, 0.2) is 0 Å². The van der Waals surface area contributed by atoms with Crippen LogP contribution in [-0.2, 0) is 4.74 Å². The Morgan fingerprint density at radius 3 is 2.59 bits per heavy atom. The fourth-order valence-electron chi connectivity index (χ4n) is 8.58. The van der Waals surface area contributed by atoms with E-state index < -0.39 is 5.60 Å². The third-order valence-electron chi connectivity index (χ3n) is 9.95. The predicted molar refractivity (Wildman–Crippen MR) is 112 cm³/mol. The van der Waals surface area contributed by atoms with Crippen LogP contribution in [0.15, 0.2) is 11.6 Å². The second-order valence-corrected chi connectivity index (χ2v) is 10.6. The van der Waals surface area contributed by atoms with Crippen molar-refractivity contribution >= 4 is 0 Å². The lowest BCUT2D eigenvalue weighted by atomic mass is 9.43. The molecule has 0 radical (unpaired) electrons. The van der Waals surface area contributed by atoms with Crippen molar-refractivity contribution in [3.05, 3.63) is 11.6 Å². The third-order valence-corrected chi connectivity index (χ3v) is 9.95. The molecule has 27 heavy (non-hydrogen) atoms. The summed E-state index contributed by atoms with van der Waals surface area (Å²) in [6.07, 6.45) is 15.2. The van der Waals surface area contributed by atoms with E-state index >= 15 is 0 Å². The lowest BCUT2D eigenvalue weighted by molar-refractivity contribution is -0.168. The molecular weight excluding hydrogens is 332 g/mol. The van der Waals surface area contributed by atoms with Crippen LogP contribution in [0.4, 0.5) is 0 Å². The van der Waals surface area contributed by atoms with Crippen molar-refractivity contribution in [2.24, 2.45) is 34.5 Å². The fraction of sp³-hybridized carbons (Fsp3) is 0.920. The smallest absolute Gasteiger partial charge is 0.0883 e. The average Bonchev–Trinajstić information content (AvgIpc) is 3.02. The Morgan fingerprint density at radius 1 is 1.07 bits per heavy atom.